The average molecular weight is 298 g/mol. The van der Waals surface area contributed by atoms with Crippen molar-refractivity contribution in [1.82, 2.24) is 10.2 Å². The van der Waals surface area contributed by atoms with Crippen LogP contribution in [0.3, 0.4) is 0 Å². The zero-order valence-corrected chi connectivity index (χ0v) is 13.1. The highest BCUT2D eigenvalue weighted by Gasteiger charge is 2.51. The highest BCUT2D eigenvalue weighted by Crippen LogP contribution is 2.48. The van der Waals surface area contributed by atoms with E-state index in [4.69, 9.17) is 4.42 Å². The third-order valence-electron chi connectivity index (χ3n) is 4.46. The Hall–Kier alpha value is -2.07. The van der Waals surface area contributed by atoms with E-state index in [0.717, 1.165) is 24.2 Å². The fourth-order valence-corrected chi connectivity index (χ4v) is 2.91. The van der Waals surface area contributed by atoms with Gasteiger partial charge in [0.15, 0.2) is 0 Å². The molecule has 4 heteroatoms. The van der Waals surface area contributed by atoms with Crippen LogP contribution in [0.5, 0.6) is 0 Å². The predicted octanol–water partition coefficient (Wildman–Crippen LogP) is 2.73. The van der Waals surface area contributed by atoms with E-state index in [1.165, 1.54) is 0 Å². The second kappa shape index (κ2) is 5.97. The minimum Gasteiger partial charge on any atom is -0.468 e. The fraction of sp³-hybridized carbons (Fsp3) is 0.389. The number of benzene rings is 1. The minimum atomic E-state index is -0.318. The van der Waals surface area contributed by atoms with E-state index in [9.17, 15) is 4.79 Å². The Kier molecular flexibility index (Phi) is 4.03. The van der Waals surface area contributed by atoms with Crippen LogP contribution in [-0.4, -0.2) is 31.4 Å². The molecule has 116 valence electrons. The molecule has 1 aliphatic rings. The first-order chi connectivity index (χ1) is 10.6. The average Bonchev–Trinajstić information content (AvgIpc) is 3.18. The molecule has 1 aromatic heterocycles. The van der Waals surface area contributed by atoms with Gasteiger partial charge in [-0.3, -0.25) is 9.69 Å². The molecule has 0 bridgehead atoms. The highest BCUT2D eigenvalue weighted by atomic mass is 16.3. The van der Waals surface area contributed by atoms with Gasteiger partial charge in [0.25, 0.3) is 0 Å². The van der Waals surface area contributed by atoms with Gasteiger partial charge in [-0.05, 0) is 44.6 Å². The Morgan fingerprint density at radius 2 is 1.95 bits per heavy atom. The molecule has 1 N–H and O–H groups in total. The first-order valence-electron chi connectivity index (χ1n) is 7.67. The van der Waals surface area contributed by atoms with E-state index >= 15 is 0 Å². The summed E-state index contributed by atoms with van der Waals surface area (Å²) in [5, 5.41) is 3.11. The maximum absolute atomic E-state index is 12.7. The Balaban J connectivity index is 1.67. The van der Waals surface area contributed by atoms with Crippen molar-refractivity contribution in [2.24, 2.45) is 0 Å². The monoisotopic (exact) mass is 298 g/mol. The largest absolute Gasteiger partial charge is 0.468 e. The van der Waals surface area contributed by atoms with Crippen LogP contribution >= 0.6 is 0 Å². The number of hydrogen-bond acceptors (Lipinski definition) is 3. The quantitative estimate of drug-likeness (QED) is 0.892. The topological polar surface area (TPSA) is 45.5 Å². The van der Waals surface area contributed by atoms with Crippen LogP contribution in [0, 0.1) is 0 Å². The zero-order chi connectivity index (χ0) is 15.6. The smallest absolute Gasteiger partial charge is 0.230 e. The van der Waals surface area contributed by atoms with Gasteiger partial charge in [0.1, 0.15) is 5.76 Å². The van der Waals surface area contributed by atoms with E-state index in [-0.39, 0.29) is 17.4 Å². The van der Waals surface area contributed by atoms with Crippen LogP contribution in [0.2, 0.25) is 0 Å². The summed E-state index contributed by atoms with van der Waals surface area (Å²) in [6.07, 6.45) is 3.52. The lowest BCUT2D eigenvalue weighted by Gasteiger charge is -2.24. The lowest BCUT2D eigenvalue weighted by Crippen LogP contribution is -2.40. The van der Waals surface area contributed by atoms with Gasteiger partial charge in [0.05, 0.1) is 17.7 Å². The molecule has 3 rings (SSSR count). The van der Waals surface area contributed by atoms with E-state index < -0.39 is 0 Å². The summed E-state index contributed by atoms with van der Waals surface area (Å²) in [6.45, 7) is 0.550. The maximum Gasteiger partial charge on any atom is 0.230 e. The van der Waals surface area contributed by atoms with Gasteiger partial charge in [-0.25, -0.2) is 0 Å². The Morgan fingerprint density at radius 1 is 1.23 bits per heavy atom. The van der Waals surface area contributed by atoms with Crippen LogP contribution in [0.1, 0.15) is 30.2 Å². The van der Waals surface area contributed by atoms with Crippen molar-refractivity contribution in [3.05, 3.63) is 60.1 Å². The molecule has 0 aliphatic heterocycles. The molecule has 1 atom stereocenters. The number of carbonyl (C=O) groups excluding carboxylic acids is 1. The number of rotatable bonds is 6. The van der Waals surface area contributed by atoms with Crippen molar-refractivity contribution in [1.29, 1.82) is 0 Å². The van der Waals surface area contributed by atoms with Crippen LogP contribution in [0.15, 0.2) is 53.1 Å². The molecule has 1 fully saturated rings. The minimum absolute atomic E-state index is 0.0468. The highest BCUT2D eigenvalue weighted by molar-refractivity contribution is 5.91. The number of carbonyl (C=O) groups is 1. The van der Waals surface area contributed by atoms with Crippen molar-refractivity contribution in [2.75, 3.05) is 20.6 Å². The number of hydrogen-bond donors (Lipinski definition) is 1. The fourth-order valence-electron chi connectivity index (χ4n) is 2.91. The molecule has 0 saturated heterocycles. The van der Waals surface area contributed by atoms with Crippen LogP contribution in [-0.2, 0) is 10.2 Å². The Morgan fingerprint density at radius 3 is 2.50 bits per heavy atom. The second-order valence-corrected chi connectivity index (χ2v) is 6.15. The molecule has 1 heterocycles. The summed E-state index contributed by atoms with van der Waals surface area (Å²) >= 11 is 0. The molecule has 1 saturated carbocycles. The van der Waals surface area contributed by atoms with Crippen molar-refractivity contribution in [2.45, 2.75) is 24.3 Å². The summed E-state index contributed by atoms with van der Waals surface area (Å²) in [5.74, 6) is 0.993. The van der Waals surface area contributed by atoms with Gasteiger partial charge in [-0.2, -0.15) is 0 Å². The van der Waals surface area contributed by atoms with Gasteiger partial charge in [-0.1, -0.05) is 30.3 Å². The van der Waals surface area contributed by atoms with Crippen LogP contribution in [0.25, 0.3) is 0 Å². The summed E-state index contributed by atoms with van der Waals surface area (Å²) in [7, 11) is 3.98. The van der Waals surface area contributed by atoms with E-state index in [0.29, 0.717) is 6.54 Å². The predicted molar refractivity (Wildman–Crippen MR) is 85.5 cm³/mol. The van der Waals surface area contributed by atoms with Gasteiger partial charge in [0, 0.05) is 6.54 Å². The third-order valence-corrected chi connectivity index (χ3v) is 4.46. The number of amides is 1. The van der Waals surface area contributed by atoms with Crippen molar-refractivity contribution in [3.63, 3.8) is 0 Å². The number of furan rings is 1. The van der Waals surface area contributed by atoms with Crippen LogP contribution in [0.4, 0.5) is 0 Å². The number of likely N-dealkylation sites (N-methyl/N-ethyl adjacent to an activating group) is 1. The lowest BCUT2D eigenvalue weighted by molar-refractivity contribution is -0.123. The normalized spacial score (nSPS) is 17.2. The molecule has 1 amide bonds. The van der Waals surface area contributed by atoms with Crippen LogP contribution < -0.4 is 5.32 Å². The van der Waals surface area contributed by atoms with Gasteiger partial charge < -0.3 is 9.73 Å². The second-order valence-electron chi connectivity index (χ2n) is 6.15. The van der Waals surface area contributed by atoms with Crippen molar-refractivity contribution < 1.29 is 9.21 Å². The Labute approximate surface area is 131 Å². The molecule has 0 unspecified atom stereocenters. The lowest BCUT2D eigenvalue weighted by atomic mass is 9.95. The standard InChI is InChI=1S/C18H22N2O2/c1-20(2)15(16-9-6-12-22-16)13-19-17(21)18(10-11-18)14-7-4-3-5-8-14/h3-9,12,15H,10-11,13H2,1-2H3,(H,19,21)/t15-/m1/s1. The first-order valence-corrected chi connectivity index (χ1v) is 7.67. The van der Waals surface area contributed by atoms with E-state index in [1.54, 1.807) is 6.26 Å². The van der Waals surface area contributed by atoms with Gasteiger partial charge in [-0.15, -0.1) is 0 Å². The number of nitrogens with one attached hydrogen (secondary N) is 1. The summed E-state index contributed by atoms with van der Waals surface area (Å²) in [5.41, 5.74) is 0.799. The van der Waals surface area contributed by atoms with Gasteiger partial charge >= 0.3 is 0 Å². The van der Waals surface area contributed by atoms with E-state index in [1.807, 2.05) is 56.6 Å². The van der Waals surface area contributed by atoms with Gasteiger partial charge in [0.2, 0.25) is 5.91 Å². The van der Waals surface area contributed by atoms with Crippen molar-refractivity contribution >= 4 is 5.91 Å². The molecule has 2 aromatic rings. The SMILES string of the molecule is CN(C)[C@H](CNC(=O)C1(c2ccccc2)CC1)c1ccco1. The van der Waals surface area contributed by atoms with E-state index in [2.05, 4.69) is 10.2 Å². The van der Waals surface area contributed by atoms with Crippen molar-refractivity contribution in [3.8, 4) is 0 Å². The first kappa shape index (κ1) is 14.9. The summed E-state index contributed by atoms with van der Waals surface area (Å²) < 4.78 is 5.48. The molecule has 1 aromatic carbocycles. The molecule has 1 aliphatic carbocycles. The molecule has 0 spiro atoms. The molecule has 0 radical (unpaired) electrons. The molecule has 22 heavy (non-hydrogen) atoms. The third kappa shape index (κ3) is 2.79. The molecular weight excluding hydrogens is 276 g/mol. The molecule has 4 nitrogen and oxygen atoms in total. The zero-order valence-electron chi connectivity index (χ0n) is 13.1. The summed E-state index contributed by atoms with van der Waals surface area (Å²) in [4.78, 5) is 14.7. The summed E-state index contributed by atoms with van der Waals surface area (Å²) in [6, 6.07) is 13.9. The number of nitrogens with zero attached hydrogens (tertiary/aromatic N) is 1. The molecular formula is C18H22N2O2. The maximum atomic E-state index is 12.7. The Bertz CT molecular complexity index is 616.